The molecule has 1 aromatic heterocycles. The Morgan fingerprint density at radius 3 is 2.67 bits per heavy atom. The van der Waals surface area contributed by atoms with Crippen LogP contribution < -0.4 is 10.9 Å². The number of hydrogen-bond donors (Lipinski definition) is 2. The van der Waals surface area contributed by atoms with Gasteiger partial charge in [-0.2, -0.15) is 5.10 Å². The van der Waals surface area contributed by atoms with Crippen molar-refractivity contribution in [3.05, 3.63) is 58.0 Å². The number of carbonyl (C=O) groups is 2. The van der Waals surface area contributed by atoms with E-state index in [2.05, 4.69) is 15.5 Å². The zero-order valence-corrected chi connectivity index (χ0v) is 11.3. The molecule has 2 aromatic rings. The van der Waals surface area contributed by atoms with Crippen molar-refractivity contribution >= 4 is 17.6 Å². The van der Waals surface area contributed by atoms with Gasteiger partial charge in [-0.3, -0.25) is 9.59 Å². The molecule has 0 atom stereocenters. The van der Waals surface area contributed by atoms with Crippen LogP contribution in [0.2, 0.25) is 0 Å². The number of carbonyl (C=O) groups excluding carboxylic acids is 2. The number of hydrogen-bond acceptors (Lipinski definition) is 5. The molecular formula is C14H13N3O4. The molecule has 0 unspecified atom stereocenters. The summed E-state index contributed by atoms with van der Waals surface area (Å²) in [6, 6.07) is 8.96. The van der Waals surface area contributed by atoms with Crippen LogP contribution in [0, 0.1) is 0 Å². The summed E-state index contributed by atoms with van der Waals surface area (Å²) in [5.74, 6) is -1.06. The molecule has 1 heterocycles. The van der Waals surface area contributed by atoms with Crippen molar-refractivity contribution < 1.29 is 14.3 Å². The zero-order chi connectivity index (χ0) is 15.2. The second kappa shape index (κ2) is 6.47. The molecule has 1 amide bonds. The molecule has 1 aromatic carbocycles. The third-order valence-electron chi connectivity index (χ3n) is 2.58. The molecule has 0 bridgehead atoms. The molecule has 0 aliphatic heterocycles. The molecular weight excluding hydrogens is 274 g/mol. The molecule has 7 nitrogen and oxygen atoms in total. The number of nitrogens with zero attached hydrogens (tertiary/aromatic N) is 1. The highest BCUT2D eigenvalue weighted by Gasteiger charge is 2.15. The summed E-state index contributed by atoms with van der Waals surface area (Å²) < 4.78 is 4.92. The van der Waals surface area contributed by atoms with Crippen LogP contribution in [0.15, 0.2) is 41.2 Å². The number of benzene rings is 1. The second-order valence-electron chi connectivity index (χ2n) is 4.03. The lowest BCUT2D eigenvalue weighted by molar-refractivity contribution is 0.0527. The minimum absolute atomic E-state index is 0.0354. The maximum absolute atomic E-state index is 12.0. The minimum Gasteiger partial charge on any atom is -0.462 e. The fourth-order valence-electron chi connectivity index (χ4n) is 1.64. The van der Waals surface area contributed by atoms with Gasteiger partial charge in [0.1, 0.15) is 5.69 Å². The van der Waals surface area contributed by atoms with Crippen LogP contribution in [0.1, 0.15) is 27.8 Å². The highest BCUT2D eigenvalue weighted by atomic mass is 16.5. The summed E-state index contributed by atoms with van der Waals surface area (Å²) in [6.07, 6.45) is 0. The van der Waals surface area contributed by atoms with E-state index in [4.69, 9.17) is 4.74 Å². The van der Waals surface area contributed by atoms with Gasteiger partial charge in [0.25, 0.3) is 11.5 Å². The summed E-state index contributed by atoms with van der Waals surface area (Å²) in [7, 11) is 0. The van der Waals surface area contributed by atoms with E-state index in [0.29, 0.717) is 5.69 Å². The zero-order valence-electron chi connectivity index (χ0n) is 11.3. The number of ether oxygens (including phenoxy) is 1. The number of amides is 1. The molecule has 7 heteroatoms. The molecule has 0 saturated carbocycles. The van der Waals surface area contributed by atoms with Crippen molar-refractivity contribution in [2.24, 2.45) is 0 Å². The van der Waals surface area contributed by atoms with E-state index in [1.54, 1.807) is 31.2 Å². The third-order valence-corrected chi connectivity index (χ3v) is 2.58. The number of rotatable bonds is 4. The average molecular weight is 287 g/mol. The SMILES string of the molecule is CCOC(=O)c1ccccc1NC(=O)c1ccc(=O)[nH]n1. The summed E-state index contributed by atoms with van der Waals surface area (Å²) in [5, 5.41) is 8.35. The normalized spacial score (nSPS) is 9.95. The van der Waals surface area contributed by atoms with Gasteiger partial charge in [0.2, 0.25) is 0 Å². The first-order valence-corrected chi connectivity index (χ1v) is 6.25. The quantitative estimate of drug-likeness (QED) is 0.823. The van der Waals surface area contributed by atoms with Crippen molar-refractivity contribution in [2.75, 3.05) is 11.9 Å². The second-order valence-corrected chi connectivity index (χ2v) is 4.03. The smallest absolute Gasteiger partial charge is 0.340 e. The van der Waals surface area contributed by atoms with Gasteiger partial charge in [-0.15, -0.1) is 0 Å². The lowest BCUT2D eigenvalue weighted by Crippen LogP contribution is -2.19. The van der Waals surface area contributed by atoms with Crippen LogP contribution in [-0.4, -0.2) is 28.7 Å². The van der Waals surface area contributed by atoms with Gasteiger partial charge in [-0.25, -0.2) is 9.89 Å². The topological polar surface area (TPSA) is 101 Å². The number of H-pyrrole nitrogens is 1. The van der Waals surface area contributed by atoms with Crippen LogP contribution in [0.5, 0.6) is 0 Å². The maximum atomic E-state index is 12.0. The summed E-state index contributed by atoms with van der Waals surface area (Å²) in [4.78, 5) is 34.7. The fraction of sp³-hybridized carbons (Fsp3) is 0.143. The first-order valence-electron chi connectivity index (χ1n) is 6.25. The summed E-state index contributed by atoms with van der Waals surface area (Å²) in [5.41, 5.74) is 0.192. The summed E-state index contributed by atoms with van der Waals surface area (Å²) in [6.45, 7) is 1.94. The predicted octanol–water partition coefficient (Wildman–Crippen LogP) is 1.20. The van der Waals surface area contributed by atoms with Crippen molar-refractivity contribution in [3.63, 3.8) is 0 Å². The Hall–Kier alpha value is -2.96. The molecule has 2 N–H and O–H groups in total. The van der Waals surface area contributed by atoms with Crippen molar-refractivity contribution in [1.82, 2.24) is 10.2 Å². The van der Waals surface area contributed by atoms with E-state index in [1.165, 1.54) is 12.1 Å². The van der Waals surface area contributed by atoms with Crippen LogP contribution in [0.4, 0.5) is 5.69 Å². The molecule has 0 spiro atoms. The van der Waals surface area contributed by atoms with Gasteiger partial charge < -0.3 is 10.1 Å². The standard InChI is InChI=1S/C14H13N3O4/c1-2-21-14(20)9-5-3-4-6-10(9)15-13(19)11-7-8-12(18)17-16-11/h3-8H,2H2,1H3,(H,15,19)(H,17,18). The number of esters is 1. The lowest BCUT2D eigenvalue weighted by Gasteiger charge is -2.09. The van der Waals surface area contributed by atoms with Gasteiger partial charge in [0.05, 0.1) is 17.9 Å². The highest BCUT2D eigenvalue weighted by Crippen LogP contribution is 2.16. The number of para-hydroxylation sites is 1. The third kappa shape index (κ3) is 3.53. The van der Waals surface area contributed by atoms with Crippen LogP contribution in [0.3, 0.4) is 0 Å². The molecule has 0 aliphatic rings. The van der Waals surface area contributed by atoms with Gasteiger partial charge >= 0.3 is 5.97 Å². The maximum Gasteiger partial charge on any atom is 0.340 e. The summed E-state index contributed by atoms with van der Waals surface area (Å²) >= 11 is 0. The Bertz CT molecular complexity index is 704. The van der Waals surface area contributed by atoms with E-state index in [1.807, 2.05) is 0 Å². The van der Waals surface area contributed by atoms with Gasteiger partial charge in [-0.05, 0) is 25.1 Å². The molecule has 0 saturated heterocycles. The monoisotopic (exact) mass is 287 g/mol. The van der Waals surface area contributed by atoms with Gasteiger partial charge in [0, 0.05) is 6.07 Å². The molecule has 0 aliphatic carbocycles. The van der Waals surface area contributed by atoms with Gasteiger partial charge in [-0.1, -0.05) is 12.1 Å². The van der Waals surface area contributed by atoms with E-state index in [0.717, 1.165) is 0 Å². The van der Waals surface area contributed by atoms with E-state index >= 15 is 0 Å². The first-order chi connectivity index (χ1) is 10.1. The molecule has 21 heavy (non-hydrogen) atoms. The average Bonchev–Trinajstić information content (AvgIpc) is 2.48. The largest absolute Gasteiger partial charge is 0.462 e. The first kappa shape index (κ1) is 14.4. The highest BCUT2D eigenvalue weighted by molar-refractivity contribution is 6.06. The molecule has 0 fully saturated rings. The van der Waals surface area contributed by atoms with Crippen LogP contribution in [0.25, 0.3) is 0 Å². The van der Waals surface area contributed by atoms with Crippen LogP contribution >= 0.6 is 0 Å². The molecule has 0 radical (unpaired) electrons. The minimum atomic E-state index is -0.539. The Balaban J connectivity index is 2.23. The number of nitrogens with one attached hydrogen (secondary N) is 2. The van der Waals surface area contributed by atoms with Gasteiger partial charge in [0.15, 0.2) is 0 Å². The Morgan fingerprint density at radius 2 is 2.00 bits per heavy atom. The molecule has 108 valence electrons. The number of anilines is 1. The Kier molecular flexibility index (Phi) is 4.45. The van der Waals surface area contributed by atoms with E-state index in [-0.39, 0.29) is 17.9 Å². The number of aromatic amines is 1. The predicted molar refractivity (Wildman–Crippen MR) is 75.2 cm³/mol. The van der Waals surface area contributed by atoms with Crippen molar-refractivity contribution in [3.8, 4) is 0 Å². The van der Waals surface area contributed by atoms with Crippen molar-refractivity contribution in [1.29, 1.82) is 0 Å². The van der Waals surface area contributed by atoms with Crippen LogP contribution in [-0.2, 0) is 4.74 Å². The molecule has 2 rings (SSSR count). The van der Waals surface area contributed by atoms with E-state index in [9.17, 15) is 14.4 Å². The number of aromatic nitrogens is 2. The fourth-order valence-corrected chi connectivity index (χ4v) is 1.64. The Labute approximate surface area is 120 Å². The Morgan fingerprint density at radius 1 is 1.24 bits per heavy atom. The van der Waals surface area contributed by atoms with E-state index < -0.39 is 17.4 Å². The van der Waals surface area contributed by atoms with Crippen molar-refractivity contribution in [2.45, 2.75) is 6.92 Å². The lowest BCUT2D eigenvalue weighted by atomic mass is 10.1.